The quantitative estimate of drug-likeness (QED) is 0.737. The molecule has 0 bridgehead atoms. The Kier molecular flexibility index (Phi) is 4.87. The first-order valence-electron chi connectivity index (χ1n) is 5.42. The minimum absolute atomic E-state index is 0.0322. The number of carbonyl (C=O) groups is 1. The molecule has 0 atom stereocenters. The van der Waals surface area contributed by atoms with Crippen LogP contribution in [0, 0.1) is 0 Å². The van der Waals surface area contributed by atoms with Crippen molar-refractivity contribution in [1.82, 2.24) is 4.98 Å². The molecule has 10 heteroatoms. The maximum Gasteiger partial charge on any atom is 0.308 e. The Morgan fingerprint density at radius 2 is 2.19 bits per heavy atom. The topological polar surface area (TPSA) is 96.4 Å². The number of sulfonamides is 1. The summed E-state index contributed by atoms with van der Waals surface area (Å²) in [6.45, 7) is 0. The van der Waals surface area contributed by atoms with E-state index in [0.717, 1.165) is 11.3 Å². The Balaban J connectivity index is 2.23. The van der Waals surface area contributed by atoms with Gasteiger partial charge in [-0.25, -0.2) is 13.4 Å². The fourth-order valence-corrected chi connectivity index (χ4v) is 4.26. The Morgan fingerprint density at radius 3 is 2.81 bits per heavy atom. The molecule has 0 fully saturated rings. The van der Waals surface area contributed by atoms with Crippen LogP contribution in [0.15, 0.2) is 33.1 Å². The summed E-state index contributed by atoms with van der Waals surface area (Å²) in [5.74, 6) is -1.01. The number of nitrogens with zero attached hydrogens (tertiary/aromatic N) is 1. The standard InChI is InChI=1S/C11H8BrClN2O4S2/c12-8-3-6(5-14-11(8)13)15-21(18,19)10-2-1-7(20-10)4-9(16)17/h1-3,5,15H,4H2,(H,16,17). The van der Waals surface area contributed by atoms with Gasteiger partial charge in [0, 0.05) is 4.88 Å². The first-order valence-corrected chi connectivity index (χ1v) is 8.89. The number of anilines is 1. The van der Waals surface area contributed by atoms with Crippen LogP contribution in [0.2, 0.25) is 5.15 Å². The molecule has 21 heavy (non-hydrogen) atoms. The van der Waals surface area contributed by atoms with E-state index in [2.05, 4.69) is 25.6 Å². The normalized spacial score (nSPS) is 11.3. The van der Waals surface area contributed by atoms with Gasteiger partial charge in [-0.2, -0.15) is 0 Å². The van der Waals surface area contributed by atoms with Crippen molar-refractivity contribution in [3.63, 3.8) is 0 Å². The largest absolute Gasteiger partial charge is 0.481 e. The fourth-order valence-electron chi connectivity index (χ4n) is 1.43. The second kappa shape index (κ2) is 6.30. The summed E-state index contributed by atoms with van der Waals surface area (Å²) in [4.78, 5) is 14.9. The van der Waals surface area contributed by atoms with Crippen molar-refractivity contribution in [1.29, 1.82) is 0 Å². The van der Waals surface area contributed by atoms with Gasteiger partial charge in [0.1, 0.15) is 9.36 Å². The van der Waals surface area contributed by atoms with Crippen molar-refractivity contribution in [3.8, 4) is 0 Å². The van der Waals surface area contributed by atoms with Crippen molar-refractivity contribution in [2.24, 2.45) is 0 Å². The third-order valence-corrected chi connectivity index (χ3v) is 6.37. The number of nitrogens with one attached hydrogen (secondary N) is 1. The van der Waals surface area contributed by atoms with Crippen LogP contribution in [0.3, 0.4) is 0 Å². The van der Waals surface area contributed by atoms with Crippen LogP contribution >= 0.6 is 38.9 Å². The molecule has 0 aromatic carbocycles. The van der Waals surface area contributed by atoms with Crippen LogP contribution in [0.1, 0.15) is 4.88 Å². The number of halogens is 2. The molecule has 0 spiro atoms. The van der Waals surface area contributed by atoms with Gasteiger partial charge in [-0.15, -0.1) is 11.3 Å². The minimum Gasteiger partial charge on any atom is -0.481 e. The van der Waals surface area contributed by atoms with Crippen molar-refractivity contribution < 1.29 is 18.3 Å². The third-order valence-electron chi connectivity index (χ3n) is 2.28. The minimum atomic E-state index is -3.79. The number of rotatable bonds is 5. The zero-order valence-electron chi connectivity index (χ0n) is 10.2. The summed E-state index contributed by atoms with van der Waals surface area (Å²) in [5.41, 5.74) is 0.249. The van der Waals surface area contributed by atoms with Crippen LogP contribution in [-0.2, 0) is 21.2 Å². The zero-order valence-corrected chi connectivity index (χ0v) is 14.2. The number of carboxylic acids is 1. The monoisotopic (exact) mass is 410 g/mol. The fraction of sp³-hybridized carbons (Fsp3) is 0.0909. The van der Waals surface area contributed by atoms with Gasteiger partial charge in [0.25, 0.3) is 10.0 Å². The van der Waals surface area contributed by atoms with Crippen LogP contribution in [0.5, 0.6) is 0 Å². The first-order chi connectivity index (χ1) is 9.78. The van der Waals surface area contributed by atoms with Crippen molar-refractivity contribution >= 4 is 60.5 Å². The summed E-state index contributed by atoms with van der Waals surface area (Å²) >= 11 is 9.79. The Hall–Kier alpha value is -1.16. The third kappa shape index (κ3) is 4.16. The molecule has 0 amide bonds. The number of hydrogen-bond acceptors (Lipinski definition) is 5. The molecule has 6 nitrogen and oxygen atoms in total. The van der Waals surface area contributed by atoms with Crippen LogP contribution in [-0.4, -0.2) is 24.5 Å². The van der Waals surface area contributed by atoms with E-state index in [1.165, 1.54) is 24.4 Å². The molecule has 0 saturated carbocycles. The molecule has 112 valence electrons. The lowest BCUT2D eigenvalue weighted by molar-refractivity contribution is -0.136. The Morgan fingerprint density at radius 1 is 1.48 bits per heavy atom. The summed E-state index contributed by atoms with van der Waals surface area (Å²) in [5, 5.41) is 8.91. The first kappa shape index (κ1) is 16.2. The maximum atomic E-state index is 12.2. The van der Waals surface area contributed by atoms with Crippen LogP contribution in [0.25, 0.3) is 0 Å². The van der Waals surface area contributed by atoms with Gasteiger partial charge in [-0.05, 0) is 34.1 Å². The van der Waals surface area contributed by atoms with E-state index in [1.54, 1.807) is 0 Å². The number of hydrogen-bond donors (Lipinski definition) is 2. The molecule has 0 aliphatic heterocycles. The Labute approximate surface area is 138 Å². The molecule has 0 aliphatic rings. The molecule has 2 aromatic rings. The molecular weight excluding hydrogens is 404 g/mol. The zero-order chi connectivity index (χ0) is 15.6. The number of thiophene rings is 1. The maximum absolute atomic E-state index is 12.2. The molecule has 2 rings (SSSR count). The van der Waals surface area contributed by atoms with Gasteiger partial charge in [0.2, 0.25) is 0 Å². The van der Waals surface area contributed by atoms with E-state index in [9.17, 15) is 13.2 Å². The molecule has 0 aliphatic carbocycles. The summed E-state index contributed by atoms with van der Waals surface area (Å²) in [7, 11) is -3.79. The number of aliphatic carboxylic acids is 1. The molecular formula is C11H8BrClN2O4S2. The van der Waals surface area contributed by atoms with Gasteiger partial charge in [0.15, 0.2) is 0 Å². The SMILES string of the molecule is O=C(O)Cc1ccc(S(=O)(=O)Nc2cnc(Cl)c(Br)c2)s1. The van der Waals surface area contributed by atoms with E-state index < -0.39 is 16.0 Å². The molecule has 2 N–H and O–H groups in total. The molecule has 0 unspecified atom stereocenters. The van der Waals surface area contributed by atoms with Gasteiger partial charge in [0.05, 0.1) is 22.8 Å². The predicted octanol–water partition coefficient (Wildman–Crippen LogP) is 2.99. The van der Waals surface area contributed by atoms with Gasteiger partial charge >= 0.3 is 5.97 Å². The van der Waals surface area contributed by atoms with E-state index in [-0.39, 0.29) is 21.5 Å². The molecule has 0 radical (unpaired) electrons. The highest BCUT2D eigenvalue weighted by molar-refractivity contribution is 9.10. The van der Waals surface area contributed by atoms with Gasteiger partial charge in [-0.1, -0.05) is 11.6 Å². The van der Waals surface area contributed by atoms with Gasteiger partial charge in [-0.3, -0.25) is 9.52 Å². The number of pyridine rings is 1. The number of carboxylic acid groups (broad SMARTS) is 1. The molecule has 2 heterocycles. The van der Waals surface area contributed by atoms with Crippen LogP contribution < -0.4 is 4.72 Å². The van der Waals surface area contributed by atoms with Crippen LogP contribution in [0.4, 0.5) is 5.69 Å². The predicted molar refractivity (Wildman–Crippen MR) is 83.4 cm³/mol. The van der Waals surface area contributed by atoms with Crippen molar-refractivity contribution in [3.05, 3.63) is 38.9 Å². The van der Waals surface area contributed by atoms with E-state index in [4.69, 9.17) is 16.7 Å². The van der Waals surface area contributed by atoms with E-state index >= 15 is 0 Å². The summed E-state index contributed by atoms with van der Waals surface area (Å²) in [6.07, 6.45) is 1.07. The number of aromatic nitrogens is 1. The average molecular weight is 412 g/mol. The second-order valence-corrected chi connectivity index (χ2v) is 8.18. The molecule has 2 aromatic heterocycles. The lowest BCUT2D eigenvalue weighted by atomic mass is 10.3. The second-order valence-electron chi connectivity index (χ2n) is 3.89. The highest BCUT2D eigenvalue weighted by Gasteiger charge is 2.18. The summed E-state index contributed by atoms with van der Waals surface area (Å²) < 4.78 is 27.2. The lowest BCUT2D eigenvalue weighted by Crippen LogP contribution is -2.11. The van der Waals surface area contributed by atoms with E-state index in [1.807, 2.05) is 0 Å². The van der Waals surface area contributed by atoms with Gasteiger partial charge < -0.3 is 5.11 Å². The molecule has 0 saturated heterocycles. The van der Waals surface area contributed by atoms with Crippen molar-refractivity contribution in [2.75, 3.05) is 4.72 Å². The lowest BCUT2D eigenvalue weighted by Gasteiger charge is -2.06. The van der Waals surface area contributed by atoms with E-state index in [0.29, 0.717) is 9.35 Å². The summed E-state index contributed by atoms with van der Waals surface area (Å²) in [6, 6.07) is 4.33. The average Bonchev–Trinajstić information content (AvgIpc) is 2.82. The Bertz CT molecular complexity index is 791. The highest BCUT2D eigenvalue weighted by atomic mass is 79.9. The highest BCUT2D eigenvalue weighted by Crippen LogP contribution is 2.27. The van der Waals surface area contributed by atoms with Crippen molar-refractivity contribution in [2.45, 2.75) is 10.6 Å². The smallest absolute Gasteiger partial charge is 0.308 e.